The molecule has 2 rings (SSSR count). The van der Waals surface area contributed by atoms with E-state index in [1.807, 2.05) is 0 Å². The number of nitrogens with zero attached hydrogens (tertiary/aromatic N) is 1. The zero-order valence-electron chi connectivity index (χ0n) is 12.3. The van der Waals surface area contributed by atoms with Gasteiger partial charge >= 0.3 is 0 Å². The standard InChI is InChI=1S/C16H24FNO2/c1-11-9-16(14(12(2)20)10-15(11)17)18(7-8-19)13-5-3-4-6-13/h9-10,12-13,19-20H,3-8H2,1-2H3/t12-/m0/s1. The largest absolute Gasteiger partial charge is 0.395 e. The molecule has 0 radical (unpaired) electrons. The fraction of sp³-hybridized carbons (Fsp3) is 0.625. The quantitative estimate of drug-likeness (QED) is 0.872. The Hall–Kier alpha value is -1.13. The Morgan fingerprint density at radius 1 is 1.35 bits per heavy atom. The second-order valence-electron chi connectivity index (χ2n) is 5.69. The van der Waals surface area contributed by atoms with E-state index in [0.29, 0.717) is 23.7 Å². The molecular formula is C16H24FNO2. The lowest BCUT2D eigenvalue weighted by Crippen LogP contribution is -2.36. The molecule has 1 aliphatic rings. The number of aryl methyl sites for hydroxylation is 1. The zero-order chi connectivity index (χ0) is 14.7. The number of rotatable bonds is 5. The number of hydrogen-bond acceptors (Lipinski definition) is 3. The Bertz CT molecular complexity index is 456. The van der Waals surface area contributed by atoms with Gasteiger partial charge in [0.15, 0.2) is 0 Å². The van der Waals surface area contributed by atoms with Crippen molar-refractivity contribution < 1.29 is 14.6 Å². The molecule has 1 aliphatic carbocycles. The molecule has 0 aliphatic heterocycles. The summed E-state index contributed by atoms with van der Waals surface area (Å²) in [6.45, 7) is 3.97. The molecule has 0 unspecified atom stereocenters. The van der Waals surface area contributed by atoms with Crippen LogP contribution in [0.5, 0.6) is 0 Å². The first-order chi connectivity index (χ1) is 9.54. The third kappa shape index (κ3) is 3.13. The van der Waals surface area contributed by atoms with Gasteiger partial charge in [-0.25, -0.2) is 4.39 Å². The highest BCUT2D eigenvalue weighted by Crippen LogP contribution is 2.34. The van der Waals surface area contributed by atoms with Crippen LogP contribution in [0.4, 0.5) is 10.1 Å². The fourth-order valence-corrected chi connectivity index (χ4v) is 3.09. The zero-order valence-corrected chi connectivity index (χ0v) is 12.3. The molecule has 20 heavy (non-hydrogen) atoms. The van der Waals surface area contributed by atoms with Gasteiger partial charge in [0, 0.05) is 23.8 Å². The van der Waals surface area contributed by atoms with Crippen LogP contribution in [0.1, 0.15) is 49.8 Å². The van der Waals surface area contributed by atoms with Crippen LogP contribution < -0.4 is 4.90 Å². The molecule has 4 heteroatoms. The molecular weight excluding hydrogens is 257 g/mol. The summed E-state index contributed by atoms with van der Waals surface area (Å²) in [5.74, 6) is -0.292. The number of anilines is 1. The van der Waals surface area contributed by atoms with E-state index in [9.17, 15) is 14.6 Å². The lowest BCUT2D eigenvalue weighted by molar-refractivity contribution is 0.198. The summed E-state index contributed by atoms with van der Waals surface area (Å²) in [7, 11) is 0. The number of benzene rings is 1. The highest BCUT2D eigenvalue weighted by molar-refractivity contribution is 5.57. The predicted molar refractivity (Wildman–Crippen MR) is 78.5 cm³/mol. The lowest BCUT2D eigenvalue weighted by atomic mass is 10.0. The van der Waals surface area contributed by atoms with Gasteiger partial charge in [0.1, 0.15) is 5.82 Å². The average molecular weight is 281 g/mol. The van der Waals surface area contributed by atoms with Gasteiger partial charge in [-0.05, 0) is 44.4 Å². The maximum Gasteiger partial charge on any atom is 0.126 e. The lowest BCUT2D eigenvalue weighted by Gasteiger charge is -2.33. The van der Waals surface area contributed by atoms with Crippen molar-refractivity contribution in [3.63, 3.8) is 0 Å². The van der Waals surface area contributed by atoms with Crippen LogP contribution in [-0.4, -0.2) is 29.4 Å². The SMILES string of the molecule is Cc1cc(N(CCO)C2CCCC2)c([C@H](C)O)cc1F. The van der Waals surface area contributed by atoms with E-state index in [2.05, 4.69) is 4.90 Å². The second-order valence-corrected chi connectivity index (χ2v) is 5.69. The molecule has 1 atom stereocenters. The van der Waals surface area contributed by atoms with E-state index in [1.165, 1.54) is 18.9 Å². The van der Waals surface area contributed by atoms with Gasteiger partial charge in [-0.15, -0.1) is 0 Å². The van der Waals surface area contributed by atoms with Crippen molar-refractivity contribution >= 4 is 5.69 Å². The van der Waals surface area contributed by atoms with Crippen LogP contribution in [-0.2, 0) is 0 Å². The van der Waals surface area contributed by atoms with Gasteiger partial charge in [-0.3, -0.25) is 0 Å². The first-order valence-corrected chi connectivity index (χ1v) is 7.40. The third-order valence-corrected chi connectivity index (χ3v) is 4.17. The van der Waals surface area contributed by atoms with Gasteiger partial charge in [0.05, 0.1) is 12.7 Å². The molecule has 0 spiro atoms. The van der Waals surface area contributed by atoms with Gasteiger partial charge in [0.2, 0.25) is 0 Å². The van der Waals surface area contributed by atoms with Crippen LogP contribution in [0.3, 0.4) is 0 Å². The summed E-state index contributed by atoms with van der Waals surface area (Å²) in [6.07, 6.45) is 3.85. The van der Waals surface area contributed by atoms with Crippen LogP contribution in [0, 0.1) is 12.7 Å². The minimum Gasteiger partial charge on any atom is -0.395 e. The first kappa shape index (κ1) is 15.3. The Balaban J connectivity index is 2.42. The summed E-state index contributed by atoms with van der Waals surface area (Å²) in [6, 6.07) is 3.60. The average Bonchev–Trinajstić information content (AvgIpc) is 2.92. The van der Waals surface area contributed by atoms with E-state index in [-0.39, 0.29) is 12.4 Å². The molecule has 1 aromatic rings. The van der Waals surface area contributed by atoms with E-state index < -0.39 is 6.10 Å². The summed E-state index contributed by atoms with van der Waals surface area (Å²) in [5.41, 5.74) is 2.04. The molecule has 1 saturated carbocycles. The number of aliphatic hydroxyl groups is 2. The number of aliphatic hydroxyl groups excluding tert-OH is 2. The van der Waals surface area contributed by atoms with Gasteiger partial charge in [-0.1, -0.05) is 12.8 Å². The van der Waals surface area contributed by atoms with Crippen molar-refractivity contribution in [3.8, 4) is 0 Å². The maximum atomic E-state index is 13.8. The fourth-order valence-electron chi connectivity index (χ4n) is 3.09. The summed E-state index contributed by atoms with van der Waals surface area (Å²) < 4.78 is 13.8. The van der Waals surface area contributed by atoms with Gasteiger partial charge in [-0.2, -0.15) is 0 Å². The molecule has 0 heterocycles. The van der Waals surface area contributed by atoms with Crippen molar-refractivity contribution in [2.45, 2.75) is 51.7 Å². The van der Waals surface area contributed by atoms with E-state index in [0.717, 1.165) is 18.5 Å². The smallest absolute Gasteiger partial charge is 0.126 e. The molecule has 2 N–H and O–H groups in total. The summed E-state index contributed by atoms with van der Waals surface area (Å²) in [5, 5.41) is 19.3. The number of hydrogen-bond donors (Lipinski definition) is 2. The van der Waals surface area contributed by atoms with Crippen LogP contribution in [0.15, 0.2) is 12.1 Å². The van der Waals surface area contributed by atoms with Crippen LogP contribution >= 0.6 is 0 Å². The van der Waals surface area contributed by atoms with Crippen molar-refractivity contribution in [1.29, 1.82) is 0 Å². The first-order valence-electron chi connectivity index (χ1n) is 7.40. The molecule has 3 nitrogen and oxygen atoms in total. The number of halogens is 1. The summed E-state index contributed by atoms with van der Waals surface area (Å²) in [4.78, 5) is 2.14. The van der Waals surface area contributed by atoms with E-state index >= 15 is 0 Å². The maximum absolute atomic E-state index is 13.8. The minimum absolute atomic E-state index is 0.0617. The normalized spacial score (nSPS) is 17.4. The van der Waals surface area contributed by atoms with Gasteiger partial charge < -0.3 is 15.1 Å². The highest BCUT2D eigenvalue weighted by atomic mass is 19.1. The van der Waals surface area contributed by atoms with Crippen molar-refractivity contribution in [2.75, 3.05) is 18.1 Å². The monoisotopic (exact) mass is 281 g/mol. The molecule has 1 aromatic carbocycles. The predicted octanol–water partition coefficient (Wildman–Crippen LogP) is 2.93. The molecule has 0 bridgehead atoms. The van der Waals surface area contributed by atoms with E-state index in [1.54, 1.807) is 19.9 Å². The van der Waals surface area contributed by atoms with Gasteiger partial charge in [0.25, 0.3) is 0 Å². The van der Waals surface area contributed by atoms with Crippen molar-refractivity contribution in [3.05, 3.63) is 29.1 Å². The highest BCUT2D eigenvalue weighted by Gasteiger charge is 2.25. The van der Waals surface area contributed by atoms with Crippen LogP contribution in [0.2, 0.25) is 0 Å². The Labute approximate surface area is 120 Å². The minimum atomic E-state index is -0.720. The third-order valence-electron chi connectivity index (χ3n) is 4.17. The second kappa shape index (κ2) is 6.55. The Morgan fingerprint density at radius 2 is 2.00 bits per heavy atom. The summed E-state index contributed by atoms with van der Waals surface area (Å²) >= 11 is 0. The van der Waals surface area contributed by atoms with E-state index in [4.69, 9.17) is 0 Å². The molecule has 0 aromatic heterocycles. The van der Waals surface area contributed by atoms with Crippen molar-refractivity contribution in [1.82, 2.24) is 0 Å². The topological polar surface area (TPSA) is 43.7 Å². The molecule has 0 saturated heterocycles. The van der Waals surface area contributed by atoms with Crippen LogP contribution in [0.25, 0.3) is 0 Å². The molecule has 1 fully saturated rings. The Kier molecular flexibility index (Phi) is 5.00. The molecule has 112 valence electrons. The Morgan fingerprint density at radius 3 is 2.55 bits per heavy atom. The van der Waals surface area contributed by atoms with Crippen molar-refractivity contribution in [2.24, 2.45) is 0 Å². The molecule has 0 amide bonds.